The molecule has 1 heterocycles. The average molecular weight is 315 g/mol. The molecule has 1 aliphatic rings. The highest BCUT2D eigenvalue weighted by molar-refractivity contribution is 5.95. The minimum absolute atomic E-state index is 0.0361. The summed E-state index contributed by atoms with van der Waals surface area (Å²) in [7, 11) is 0. The predicted octanol–water partition coefficient (Wildman–Crippen LogP) is 3.87. The van der Waals surface area contributed by atoms with E-state index < -0.39 is 11.7 Å². The van der Waals surface area contributed by atoms with Gasteiger partial charge in [0.1, 0.15) is 0 Å². The number of anilines is 1. The van der Waals surface area contributed by atoms with Gasteiger partial charge in [0.15, 0.2) is 0 Å². The third-order valence-electron chi connectivity index (χ3n) is 3.92. The van der Waals surface area contributed by atoms with Crippen LogP contribution in [0.25, 0.3) is 0 Å². The van der Waals surface area contributed by atoms with Crippen LogP contribution < -0.4 is 4.90 Å². The van der Waals surface area contributed by atoms with Crippen molar-refractivity contribution in [3.63, 3.8) is 0 Å². The molecular weight excluding hydrogens is 295 g/mol. The second kappa shape index (κ2) is 6.69. The van der Waals surface area contributed by atoms with Crippen LogP contribution in [0, 0.1) is 5.92 Å². The Morgan fingerprint density at radius 2 is 1.95 bits per heavy atom. The molecule has 2 atom stereocenters. The maximum absolute atomic E-state index is 12.6. The Kier molecular flexibility index (Phi) is 5.11. The van der Waals surface area contributed by atoms with Crippen molar-refractivity contribution in [3.8, 4) is 0 Å². The molecule has 1 aromatic carbocycles. The minimum Gasteiger partial charge on any atom is -0.378 e. The van der Waals surface area contributed by atoms with E-state index in [-0.39, 0.29) is 17.9 Å². The van der Waals surface area contributed by atoms with Crippen LogP contribution in [0.1, 0.15) is 32.3 Å². The first-order chi connectivity index (χ1) is 10.3. The van der Waals surface area contributed by atoms with Crippen LogP contribution in [0.4, 0.5) is 18.9 Å². The van der Waals surface area contributed by atoms with Crippen molar-refractivity contribution in [1.29, 1.82) is 0 Å². The van der Waals surface area contributed by atoms with Gasteiger partial charge in [-0.3, -0.25) is 4.79 Å². The molecule has 0 unspecified atom stereocenters. The number of amides is 1. The maximum Gasteiger partial charge on any atom is 0.416 e. The molecule has 22 heavy (non-hydrogen) atoms. The molecule has 0 bridgehead atoms. The largest absolute Gasteiger partial charge is 0.416 e. The number of benzene rings is 1. The van der Waals surface area contributed by atoms with Crippen LogP contribution in [0.3, 0.4) is 0 Å². The van der Waals surface area contributed by atoms with Gasteiger partial charge >= 0.3 is 6.18 Å². The van der Waals surface area contributed by atoms with Gasteiger partial charge in [-0.15, -0.1) is 0 Å². The van der Waals surface area contributed by atoms with E-state index in [4.69, 9.17) is 4.74 Å². The topological polar surface area (TPSA) is 29.5 Å². The molecular formula is C16H20F3NO2. The molecule has 0 aromatic heterocycles. The smallest absolute Gasteiger partial charge is 0.378 e. The van der Waals surface area contributed by atoms with Crippen molar-refractivity contribution in [2.24, 2.45) is 5.92 Å². The quantitative estimate of drug-likeness (QED) is 0.847. The summed E-state index contributed by atoms with van der Waals surface area (Å²) in [4.78, 5) is 14.1. The SMILES string of the molecule is CCN(C(=O)[C@H]1CCO[C@@H](C)C1)c1ccc(C(F)(F)F)cc1. The van der Waals surface area contributed by atoms with Crippen molar-refractivity contribution in [2.45, 2.75) is 39.0 Å². The van der Waals surface area contributed by atoms with Crippen LogP contribution in [0.2, 0.25) is 0 Å². The molecule has 1 fully saturated rings. The van der Waals surface area contributed by atoms with Crippen LogP contribution in [-0.4, -0.2) is 25.2 Å². The molecule has 1 aliphatic heterocycles. The van der Waals surface area contributed by atoms with Crippen molar-refractivity contribution >= 4 is 11.6 Å². The number of nitrogens with zero attached hydrogens (tertiary/aromatic N) is 1. The van der Waals surface area contributed by atoms with Crippen LogP contribution in [0.5, 0.6) is 0 Å². The first-order valence-corrected chi connectivity index (χ1v) is 7.43. The zero-order valence-corrected chi connectivity index (χ0v) is 12.7. The fourth-order valence-electron chi connectivity index (χ4n) is 2.74. The van der Waals surface area contributed by atoms with Gasteiger partial charge in [-0.25, -0.2) is 0 Å². The van der Waals surface area contributed by atoms with E-state index in [2.05, 4.69) is 0 Å². The third kappa shape index (κ3) is 3.80. The lowest BCUT2D eigenvalue weighted by atomic mass is 9.94. The summed E-state index contributed by atoms with van der Waals surface area (Å²) < 4.78 is 43.2. The molecule has 0 saturated carbocycles. The minimum atomic E-state index is -4.37. The third-order valence-corrected chi connectivity index (χ3v) is 3.92. The van der Waals surface area contributed by atoms with E-state index in [0.29, 0.717) is 31.7 Å². The first kappa shape index (κ1) is 16.8. The van der Waals surface area contributed by atoms with E-state index in [1.54, 1.807) is 4.90 Å². The van der Waals surface area contributed by atoms with E-state index in [9.17, 15) is 18.0 Å². The number of carbonyl (C=O) groups excluding carboxylic acids is 1. The van der Waals surface area contributed by atoms with Crippen LogP contribution in [0.15, 0.2) is 24.3 Å². The second-order valence-electron chi connectivity index (χ2n) is 5.53. The van der Waals surface area contributed by atoms with Gasteiger partial charge in [0.05, 0.1) is 11.7 Å². The second-order valence-corrected chi connectivity index (χ2v) is 5.53. The summed E-state index contributed by atoms with van der Waals surface area (Å²) in [6, 6.07) is 4.73. The molecule has 3 nitrogen and oxygen atoms in total. The van der Waals surface area contributed by atoms with Crippen molar-refractivity contribution in [3.05, 3.63) is 29.8 Å². The summed E-state index contributed by atoms with van der Waals surface area (Å²) in [5.74, 6) is -0.177. The Morgan fingerprint density at radius 3 is 2.45 bits per heavy atom. The monoisotopic (exact) mass is 315 g/mol. The summed E-state index contributed by atoms with van der Waals surface area (Å²) >= 11 is 0. The Balaban J connectivity index is 2.15. The lowest BCUT2D eigenvalue weighted by Crippen LogP contribution is -2.40. The normalized spacial score (nSPS) is 22.4. The van der Waals surface area contributed by atoms with Crippen molar-refractivity contribution in [1.82, 2.24) is 0 Å². The predicted molar refractivity (Wildman–Crippen MR) is 77.6 cm³/mol. The number of rotatable bonds is 3. The number of hydrogen-bond donors (Lipinski definition) is 0. The zero-order chi connectivity index (χ0) is 16.3. The Labute approximate surface area is 128 Å². The van der Waals surface area contributed by atoms with E-state index in [1.165, 1.54) is 12.1 Å². The summed E-state index contributed by atoms with van der Waals surface area (Å²) in [6.07, 6.45) is -3.03. The molecule has 2 rings (SSSR count). The number of ether oxygens (including phenoxy) is 1. The highest BCUT2D eigenvalue weighted by atomic mass is 19.4. The standard InChI is InChI=1S/C16H20F3NO2/c1-3-20(15(21)12-8-9-22-11(2)10-12)14-6-4-13(5-7-14)16(17,18)19/h4-7,11-12H,3,8-10H2,1-2H3/t11-,12-/m0/s1. The number of alkyl halides is 3. The van der Waals surface area contributed by atoms with Gasteiger partial charge in [-0.05, 0) is 51.0 Å². The fourth-order valence-corrected chi connectivity index (χ4v) is 2.74. The molecule has 0 aliphatic carbocycles. The molecule has 6 heteroatoms. The van der Waals surface area contributed by atoms with Gasteiger partial charge in [-0.2, -0.15) is 13.2 Å². The van der Waals surface area contributed by atoms with Gasteiger partial charge in [0, 0.05) is 24.8 Å². The van der Waals surface area contributed by atoms with Gasteiger partial charge in [0.25, 0.3) is 0 Å². The highest BCUT2D eigenvalue weighted by Crippen LogP contribution is 2.31. The summed E-state index contributed by atoms with van der Waals surface area (Å²) in [6.45, 7) is 4.71. The van der Waals surface area contributed by atoms with E-state index in [1.807, 2.05) is 13.8 Å². The molecule has 0 spiro atoms. The Bertz CT molecular complexity index is 513. The maximum atomic E-state index is 12.6. The molecule has 122 valence electrons. The zero-order valence-electron chi connectivity index (χ0n) is 12.7. The van der Waals surface area contributed by atoms with E-state index in [0.717, 1.165) is 12.1 Å². The van der Waals surface area contributed by atoms with Crippen LogP contribution in [-0.2, 0) is 15.7 Å². The van der Waals surface area contributed by atoms with Gasteiger partial charge < -0.3 is 9.64 Å². The molecule has 0 radical (unpaired) electrons. The van der Waals surface area contributed by atoms with E-state index >= 15 is 0 Å². The number of halogens is 3. The lowest BCUT2D eigenvalue weighted by molar-refractivity contribution is -0.137. The van der Waals surface area contributed by atoms with Gasteiger partial charge in [-0.1, -0.05) is 0 Å². The molecule has 1 aromatic rings. The van der Waals surface area contributed by atoms with Gasteiger partial charge in [0.2, 0.25) is 5.91 Å². The van der Waals surface area contributed by atoms with Crippen molar-refractivity contribution in [2.75, 3.05) is 18.1 Å². The first-order valence-electron chi connectivity index (χ1n) is 7.43. The summed E-state index contributed by atoms with van der Waals surface area (Å²) in [5, 5.41) is 0. The van der Waals surface area contributed by atoms with Crippen LogP contribution >= 0.6 is 0 Å². The Hall–Kier alpha value is -1.56. The Morgan fingerprint density at radius 1 is 1.32 bits per heavy atom. The molecule has 1 amide bonds. The van der Waals surface area contributed by atoms with Crippen molar-refractivity contribution < 1.29 is 22.7 Å². The lowest BCUT2D eigenvalue weighted by Gasteiger charge is -2.31. The average Bonchev–Trinajstić information content (AvgIpc) is 2.47. The molecule has 0 N–H and O–H groups in total. The highest BCUT2D eigenvalue weighted by Gasteiger charge is 2.32. The summed E-state index contributed by atoms with van der Waals surface area (Å²) in [5.41, 5.74) is -0.209. The fraction of sp³-hybridized carbons (Fsp3) is 0.562. The number of carbonyl (C=O) groups is 1. The number of hydrogen-bond acceptors (Lipinski definition) is 2. The molecule has 1 saturated heterocycles.